The van der Waals surface area contributed by atoms with Gasteiger partial charge in [-0.25, -0.2) is 0 Å². The molecule has 0 atom stereocenters. The number of ether oxygens (including phenoxy) is 1. The Kier molecular flexibility index (Phi) is 4.81. The van der Waals surface area contributed by atoms with Crippen LogP contribution in [0.3, 0.4) is 0 Å². The minimum atomic E-state index is 0.157. The van der Waals surface area contributed by atoms with Gasteiger partial charge in [0.15, 0.2) is 5.16 Å². The normalized spacial score (nSPS) is 10.7. The Balaban J connectivity index is 2.36. The van der Waals surface area contributed by atoms with Crippen LogP contribution in [0.5, 0.6) is 5.75 Å². The molecule has 0 saturated heterocycles. The van der Waals surface area contributed by atoms with Gasteiger partial charge in [0.2, 0.25) is 0 Å². The van der Waals surface area contributed by atoms with Crippen molar-refractivity contribution in [3.05, 3.63) is 30.1 Å². The highest BCUT2D eigenvalue weighted by molar-refractivity contribution is 7.98. The van der Waals surface area contributed by atoms with E-state index in [1.807, 2.05) is 35.1 Å². The van der Waals surface area contributed by atoms with E-state index in [-0.39, 0.29) is 6.61 Å². The molecule has 0 aliphatic heterocycles. The topological polar surface area (TPSA) is 60.2 Å². The molecule has 0 fully saturated rings. The molecule has 1 heterocycles. The monoisotopic (exact) mass is 279 g/mol. The Labute approximate surface area is 116 Å². The third-order valence-electron chi connectivity index (χ3n) is 2.77. The summed E-state index contributed by atoms with van der Waals surface area (Å²) in [5, 5.41) is 18.2. The van der Waals surface area contributed by atoms with Crippen molar-refractivity contribution in [3.63, 3.8) is 0 Å². The van der Waals surface area contributed by atoms with Crippen molar-refractivity contribution in [2.45, 2.75) is 18.0 Å². The summed E-state index contributed by atoms with van der Waals surface area (Å²) in [6.45, 7) is 0.157. The Morgan fingerprint density at radius 2 is 2.00 bits per heavy atom. The summed E-state index contributed by atoms with van der Waals surface area (Å²) in [6.07, 6.45) is 3.36. The molecule has 0 aliphatic carbocycles. The van der Waals surface area contributed by atoms with Gasteiger partial charge in [0.25, 0.3) is 0 Å². The molecule has 0 unspecified atom stereocenters. The lowest BCUT2D eigenvalue weighted by molar-refractivity contribution is 0.287. The van der Waals surface area contributed by atoms with Gasteiger partial charge in [-0.3, -0.25) is 4.57 Å². The average molecular weight is 279 g/mol. The predicted molar refractivity (Wildman–Crippen MR) is 75.1 cm³/mol. The molecule has 5 nitrogen and oxygen atoms in total. The van der Waals surface area contributed by atoms with Crippen LogP contribution in [0.4, 0.5) is 0 Å². The number of hydrogen-bond acceptors (Lipinski definition) is 5. The molecule has 0 radical (unpaired) electrons. The minimum absolute atomic E-state index is 0.157. The van der Waals surface area contributed by atoms with Crippen molar-refractivity contribution < 1.29 is 9.84 Å². The lowest BCUT2D eigenvalue weighted by Crippen LogP contribution is -2.03. The van der Waals surface area contributed by atoms with E-state index in [2.05, 4.69) is 10.2 Å². The summed E-state index contributed by atoms with van der Waals surface area (Å²) in [7, 11) is 1.65. The van der Waals surface area contributed by atoms with Gasteiger partial charge in [0, 0.05) is 18.7 Å². The molecule has 0 amide bonds. The summed E-state index contributed by atoms with van der Waals surface area (Å²) < 4.78 is 7.17. The van der Waals surface area contributed by atoms with E-state index in [9.17, 15) is 0 Å². The zero-order chi connectivity index (χ0) is 13.7. The van der Waals surface area contributed by atoms with E-state index in [0.717, 1.165) is 22.4 Å². The molecule has 1 N–H and O–H groups in total. The van der Waals surface area contributed by atoms with Crippen molar-refractivity contribution in [1.29, 1.82) is 0 Å². The van der Waals surface area contributed by atoms with Crippen LogP contribution in [0.2, 0.25) is 0 Å². The maximum absolute atomic E-state index is 8.94. The summed E-state index contributed by atoms with van der Waals surface area (Å²) in [4.78, 5) is 0. The lowest BCUT2D eigenvalue weighted by atomic mass is 10.2. The second-order valence-corrected chi connectivity index (χ2v) is 4.74. The fourth-order valence-electron chi connectivity index (χ4n) is 1.82. The minimum Gasteiger partial charge on any atom is -0.497 e. The van der Waals surface area contributed by atoms with Gasteiger partial charge >= 0.3 is 0 Å². The van der Waals surface area contributed by atoms with Crippen molar-refractivity contribution >= 4 is 11.8 Å². The van der Waals surface area contributed by atoms with Gasteiger partial charge < -0.3 is 9.84 Å². The van der Waals surface area contributed by atoms with Crippen molar-refractivity contribution in [2.75, 3.05) is 20.0 Å². The Bertz CT molecular complexity index is 525. The first kappa shape index (κ1) is 13.9. The maximum atomic E-state index is 8.94. The molecule has 2 aromatic rings. The molecule has 0 bridgehead atoms. The second-order valence-electron chi connectivity index (χ2n) is 3.96. The van der Waals surface area contributed by atoms with Gasteiger partial charge in [-0.15, -0.1) is 10.2 Å². The summed E-state index contributed by atoms with van der Waals surface area (Å²) in [5.74, 6) is 1.68. The third-order valence-corrected chi connectivity index (χ3v) is 3.40. The number of thioether (sulfide) groups is 1. The van der Waals surface area contributed by atoms with E-state index in [1.165, 1.54) is 0 Å². The van der Waals surface area contributed by atoms with E-state index < -0.39 is 0 Å². The largest absolute Gasteiger partial charge is 0.497 e. The Morgan fingerprint density at radius 3 is 2.58 bits per heavy atom. The highest BCUT2D eigenvalue weighted by Crippen LogP contribution is 2.22. The predicted octanol–water partition coefficient (Wildman–Crippen LogP) is 1.92. The van der Waals surface area contributed by atoms with Crippen LogP contribution in [0, 0.1) is 0 Å². The smallest absolute Gasteiger partial charge is 0.195 e. The van der Waals surface area contributed by atoms with Crippen molar-refractivity contribution in [2.24, 2.45) is 0 Å². The first-order valence-corrected chi connectivity index (χ1v) is 7.26. The fourth-order valence-corrected chi connectivity index (χ4v) is 2.34. The fraction of sp³-hybridized carbons (Fsp3) is 0.385. The summed E-state index contributed by atoms with van der Waals surface area (Å²) >= 11 is 1.55. The van der Waals surface area contributed by atoms with E-state index in [4.69, 9.17) is 9.84 Å². The molecule has 0 aliphatic rings. The number of hydrogen-bond donors (Lipinski definition) is 1. The van der Waals surface area contributed by atoms with Crippen LogP contribution >= 0.6 is 11.8 Å². The zero-order valence-electron chi connectivity index (χ0n) is 11.0. The number of aliphatic hydroxyl groups is 1. The molecule has 6 heteroatoms. The average Bonchev–Trinajstić information content (AvgIpc) is 2.88. The van der Waals surface area contributed by atoms with Crippen molar-refractivity contribution in [3.8, 4) is 11.4 Å². The second kappa shape index (κ2) is 6.58. The molecule has 1 aromatic carbocycles. The number of aromatic nitrogens is 3. The number of rotatable bonds is 6. The Morgan fingerprint density at radius 1 is 1.26 bits per heavy atom. The zero-order valence-corrected chi connectivity index (χ0v) is 11.9. The SMILES string of the molecule is COc1ccc(-n2c(CCCO)nnc2SC)cc1. The van der Waals surface area contributed by atoms with Gasteiger partial charge in [-0.05, 0) is 36.9 Å². The number of aliphatic hydroxyl groups excluding tert-OH is 1. The molecule has 0 spiro atoms. The number of nitrogens with zero attached hydrogens (tertiary/aromatic N) is 3. The number of benzene rings is 1. The first-order valence-electron chi connectivity index (χ1n) is 6.03. The maximum Gasteiger partial charge on any atom is 0.195 e. The van der Waals surface area contributed by atoms with Gasteiger partial charge in [0.1, 0.15) is 11.6 Å². The van der Waals surface area contributed by atoms with Crippen LogP contribution in [-0.4, -0.2) is 39.8 Å². The van der Waals surface area contributed by atoms with Crippen LogP contribution in [0.15, 0.2) is 29.4 Å². The van der Waals surface area contributed by atoms with Crippen LogP contribution in [0.1, 0.15) is 12.2 Å². The highest BCUT2D eigenvalue weighted by atomic mass is 32.2. The van der Waals surface area contributed by atoms with Gasteiger partial charge in [-0.2, -0.15) is 0 Å². The standard InChI is InChI=1S/C13H17N3O2S/c1-18-11-7-5-10(6-8-11)16-12(4-3-9-17)14-15-13(16)19-2/h5-8,17H,3-4,9H2,1-2H3. The molecule has 19 heavy (non-hydrogen) atoms. The van der Waals surface area contributed by atoms with Crippen LogP contribution in [0.25, 0.3) is 5.69 Å². The number of aryl methyl sites for hydroxylation is 1. The molecular formula is C13H17N3O2S. The summed E-state index contributed by atoms with van der Waals surface area (Å²) in [5.41, 5.74) is 1.00. The lowest BCUT2D eigenvalue weighted by Gasteiger charge is -2.09. The molecule has 0 saturated carbocycles. The molecule has 1 aromatic heterocycles. The molecule has 102 valence electrons. The van der Waals surface area contributed by atoms with E-state index in [1.54, 1.807) is 18.9 Å². The third kappa shape index (κ3) is 3.08. The van der Waals surface area contributed by atoms with E-state index >= 15 is 0 Å². The molecule has 2 rings (SSSR count). The quantitative estimate of drug-likeness (QED) is 0.819. The van der Waals surface area contributed by atoms with Crippen LogP contribution < -0.4 is 4.74 Å². The number of methoxy groups -OCH3 is 1. The van der Waals surface area contributed by atoms with Crippen molar-refractivity contribution in [1.82, 2.24) is 14.8 Å². The highest BCUT2D eigenvalue weighted by Gasteiger charge is 2.12. The first-order chi connectivity index (χ1) is 9.30. The van der Waals surface area contributed by atoms with Gasteiger partial charge in [0.05, 0.1) is 7.11 Å². The van der Waals surface area contributed by atoms with Crippen LogP contribution in [-0.2, 0) is 6.42 Å². The Hall–Kier alpha value is -1.53. The van der Waals surface area contributed by atoms with E-state index in [0.29, 0.717) is 12.8 Å². The molecular weight excluding hydrogens is 262 g/mol. The van der Waals surface area contributed by atoms with Gasteiger partial charge in [-0.1, -0.05) is 11.8 Å². The summed E-state index contributed by atoms with van der Waals surface area (Å²) in [6, 6.07) is 7.78.